The van der Waals surface area contributed by atoms with Crippen molar-refractivity contribution in [2.75, 3.05) is 6.61 Å². The highest BCUT2D eigenvalue weighted by molar-refractivity contribution is 5.73. The molecule has 0 unspecified atom stereocenters. The van der Waals surface area contributed by atoms with Crippen molar-refractivity contribution in [3.05, 3.63) is 35.6 Å². The lowest BCUT2D eigenvalue weighted by atomic mass is 9.76. The third-order valence-electron chi connectivity index (χ3n) is 3.44. The molecule has 7 heteroatoms. The molecule has 1 aliphatic rings. The summed E-state index contributed by atoms with van der Waals surface area (Å²) in [4.78, 5) is 27.4. The molecule has 0 heterocycles. The van der Waals surface area contributed by atoms with Gasteiger partial charge in [-0.2, -0.15) is 0 Å². The van der Waals surface area contributed by atoms with Crippen LogP contribution in [-0.4, -0.2) is 29.9 Å². The number of hydroxylamine groups is 2. The Morgan fingerprint density at radius 1 is 1.33 bits per heavy atom. The number of hydrogen-bond acceptors (Lipinski definition) is 4. The second kappa shape index (κ2) is 6.43. The van der Waals surface area contributed by atoms with E-state index in [0.717, 1.165) is 10.6 Å². The maximum atomic E-state index is 12.9. The molecule has 1 aromatic carbocycles. The highest BCUT2D eigenvalue weighted by atomic mass is 19.1. The number of halogens is 1. The van der Waals surface area contributed by atoms with Crippen molar-refractivity contribution in [2.24, 2.45) is 5.73 Å². The van der Waals surface area contributed by atoms with Gasteiger partial charge in [-0.15, -0.1) is 5.06 Å². The fourth-order valence-corrected chi connectivity index (χ4v) is 2.31. The first-order chi connectivity index (χ1) is 10.0. The molecule has 1 aliphatic carbocycles. The number of primary amides is 1. The van der Waals surface area contributed by atoms with Gasteiger partial charge in [0.1, 0.15) is 5.82 Å². The van der Waals surface area contributed by atoms with Gasteiger partial charge >= 0.3 is 12.2 Å². The van der Waals surface area contributed by atoms with Gasteiger partial charge in [0.2, 0.25) is 0 Å². The molecule has 0 saturated heterocycles. The second-order valence-corrected chi connectivity index (χ2v) is 4.81. The largest absolute Gasteiger partial charge is 0.533 e. The number of amides is 2. The Morgan fingerprint density at radius 3 is 2.48 bits per heavy atom. The number of hydrogen-bond donors (Lipinski definition) is 1. The minimum atomic E-state index is -0.957. The van der Waals surface area contributed by atoms with Crippen LogP contribution in [0, 0.1) is 5.82 Å². The zero-order valence-corrected chi connectivity index (χ0v) is 11.6. The quantitative estimate of drug-likeness (QED) is 0.686. The van der Waals surface area contributed by atoms with Gasteiger partial charge in [0.05, 0.1) is 12.6 Å². The Kier molecular flexibility index (Phi) is 4.62. The summed E-state index contributed by atoms with van der Waals surface area (Å²) >= 11 is 0. The predicted octanol–water partition coefficient (Wildman–Crippen LogP) is 2.54. The van der Waals surface area contributed by atoms with E-state index in [-0.39, 0.29) is 24.4 Å². The number of carbonyl (C=O) groups excluding carboxylic acids is 2. The van der Waals surface area contributed by atoms with Crippen LogP contribution in [-0.2, 0) is 9.57 Å². The normalized spacial score (nSPS) is 20.3. The van der Waals surface area contributed by atoms with Crippen LogP contribution in [0.1, 0.15) is 31.2 Å². The summed E-state index contributed by atoms with van der Waals surface area (Å²) in [5, 5.41) is 0.845. The first kappa shape index (κ1) is 15.1. The predicted molar refractivity (Wildman–Crippen MR) is 71.7 cm³/mol. The molecule has 0 atom stereocenters. The lowest BCUT2D eigenvalue weighted by molar-refractivity contribution is -0.132. The van der Waals surface area contributed by atoms with Gasteiger partial charge in [-0.05, 0) is 43.4 Å². The summed E-state index contributed by atoms with van der Waals surface area (Å²) < 4.78 is 17.5. The van der Waals surface area contributed by atoms with E-state index >= 15 is 0 Å². The zero-order chi connectivity index (χ0) is 15.4. The van der Waals surface area contributed by atoms with Gasteiger partial charge in [-0.1, -0.05) is 12.1 Å². The Morgan fingerprint density at radius 2 is 1.95 bits per heavy atom. The molecule has 0 spiro atoms. The molecule has 114 valence electrons. The Bertz CT molecular complexity index is 514. The van der Waals surface area contributed by atoms with E-state index in [1.807, 2.05) is 0 Å². The maximum absolute atomic E-state index is 12.9. The number of nitrogens with two attached hydrogens (primary N) is 1. The number of carbonyl (C=O) groups is 2. The first-order valence-electron chi connectivity index (χ1n) is 6.70. The van der Waals surface area contributed by atoms with E-state index in [1.165, 1.54) is 12.1 Å². The molecule has 0 bridgehead atoms. The van der Waals surface area contributed by atoms with E-state index in [1.54, 1.807) is 19.1 Å². The summed E-state index contributed by atoms with van der Waals surface area (Å²) in [6, 6.07) is 5.06. The number of urea groups is 1. The molecule has 2 amide bonds. The van der Waals surface area contributed by atoms with Crippen molar-refractivity contribution in [2.45, 2.75) is 31.7 Å². The SMILES string of the molecule is CCOC(=O)ON(C(N)=O)[C@H]1C[C@@H](c2ccc(F)cc2)C1. The van der Waals surface area contributed by atoms with E-state index in [4.69, 9.17) is 10.6 Å². The van der Waals surface area contributed by atoms with Gasteiger partial charge in [-0.25, -0.2) is 14.0 Å². The van der Waals surface area contributed by atoms with E-state index in [2.05, 4.69) is 4.74 Å². The van der Waals surface area contributed by atoms with Crippen LogP contribution in [0.25, 0.3) is 0 Å². The minimum Gasteiger partial charge on any atom is -0.433 e. The molecule has 0 aliphatic heterocycles. The molecule has 21 heavy (non-hydrogen) atoms. The van der Waals surface area contributed by atoms with Crippen LogP contribution in [0.5, 0.6) is 0 Å². The molecular formula is C14H17FN2O4. The highest BCUT2D eigenvalue weighted by Gasteiger charge is 2.39. The molecule has 1 aromatic rings. The van der Waals surface area contributed by atoms with E-state index < -0.39 is 12.2 Å². The first-order valence-corrected chi connectivity index (χ1v) is 6.70. The number of nitrogens with zero attached hydrogens (tertiary/aromatic N) is 1. The number of rotatable bonds is 3. The van der Waals surface area contributed by atoms with Crippen LogP contribution >= 0.6 is 0 Å². The van der Waals surface area contributed by atoms with Gasteiger partial charge in [0.25, 0.3) is 0 Å². The molecule has 2 rings (SSSR count). The van der Waals surface area contributed by atoms with Crippen LogP contribution < -0.4 is 5.73 Å². The summed E-state index contributed by atoms with van der Waals surface area (Å²) in [7, 11) is 0. The van der Waals surface area contributed by atoms with Crippen molar-refractivity contribution in [3.63, 3.8) is 0 Å². The Hall–Kier alpha value is -2.31. The van der Waals surface area contributed by atoms with Gasteiger partial charge in [-0.3, -0.25) is 0 Å². The van der Waals surface area contributed by atoms with Crippen molar-refractivity contribution in [1.82, 2.24) is 5.06 Å². The lowest BCUT2D eigenvalue weighted by Gasteiger charge is -2.40. The molecule has 0 radical (unpaired) electrons. The summed E-state index contributed by atoms with van der Waals surface area (Å²) in [5.41, 5.74) is 6.18. The van der Waals surface area contributed by atoms with Crippen molar-refractivity contribution in [3.8, 4) is 0 Å². The number of ether oxygens (including phenoxy) is 1. The van der Waals surface area contributed by atoms with E-state index in [9.17, 15) is 14.0 Å². The van der Waals surface area contributed by atoms with Crippen LogP contribution in [0.2, 0.25) is 0 Å². The van der Waals surface area contributed by atoms with Crippen LogP contribution in [0.15, 0.2) is 24.3 Å². The molecule has 0 aromatic heterocycles. The fraction of sp³-hybridized carbons (Fsp3) is 0.429. The van der Waals surface area contributed by atoms with Crippen LogP contribution in [0.3, 0.4) is 0 Å². The zero-order valence-electron chi connectivity index (χ0n) is 11.6. The van der Waals surface area contributed by atoms with Crippen LogP contribution in [0.4, 0.5) is 14.0 Å². The van der Waals surface area contributed by atoms with Gasteiger partial charge in [0.15, 0.2) is 0 Å². The molecule has 6 nitrogen and oxygen atoms in total. The molecule has 2 N–H and O–H groups in total. The Balaban J connectivity index is 1.92. The average Bonchev–Trinajstić information content (AvgIpc) is 2.38. The second-order valence-electron chi connectivity index (χ2n) is 4.81. The molecule has 1 fully saturated rings. The van der Waals surface area contributed by atoms with Gasteiger partial charge in [0, 0.05) is 0 Å². The summed E-state index contributed by atoms with van der Waals surface area (Å²) in [5.74, 6) is -0.109. The smallest absolute Gasteiger partial charge is 0.433 e. The van der Waals surface area contributed by atoms with Gasteiger partial charge < -0.3 is 15.3 Å². The highest BCUT2D eigenvalue weighted by Crippen LogP contribution is 2.39. The molecule has 1 saturated carbocycles. The standard InChI is InChI=1S/C14H17FN2O4/c1-2-20-14(19)21-17(13(16)18)12-7-10(8-12)9-3-5-11(15)6-4-9/h3-6,10,12H,2,7-8H2,1H3,(H2,16,18)/t10-,12+. The van der Waals surface area contributed by atoms with Crippen molar-refractivity contribution in [1.29, 1.82) is 0 Å². The van der Waals surface area contributed by atoms with Crippen molar-refractivity contribution >= 4 is 12.2 Å². The Labute approximate surface area is 121 Å². The number of benzene rings is 1. The maximum Gasteiger partial charge on any atom is 0.533 e. The topological polar surface area (TPSA) is 81.9 Å². The lowest BCUT2D eigenvalue weighted by Crippen LogP contribution is -2.50. The third-order valence-corrected chi connectivity index (χ3v) is 3.44. The average molecular weight is 296 g/mol. The molecular weight excluding hydrogens is 279 g/mol. The fourth-order valence-electron chi connectivity index (χ4n) is 2.31. The summed E-state index contributed by atoms with van der Waals surface area (Å²) in [6.07, 6.45) is 0.226. The monoisotopic (exact) mass is 296 g/mol. The van der Waals surface area contributed by atoms with Crippen molar-refractivity contribution < 1.29 is 23.6 Å². The van der Waals surface area contributed by atoms with E-state index in [0.29, 0.717) is 12.8 Å². The summed E-state index contributed by atoms with van der Waals surface area (Å²) in [6.45, 7) is 1.78. The third kappa shape index (κ3) is 3.62. The minimum absolute atomic E-state index is 0.147.